The number of fused-ring (bicyclic) bond motifs is 1. The number of hydrogen-bond donors (Lipinski definition) is 0. The van der Waals surface area contributed by atoms with Gasteiger partial charge in [-0.3, -0.25) is 9.59 Å². The molecule has 23 heavy (non-hydrogen) atoms. The summed E-state index contributed by atoms with van der Waals surface area (Å²) >= 11 is 0. The standard InChI is InChI=1S/C15H14N4O4/c1-22-11-5-3-10(4-6-11)12-7-13-15(21)18(8-14(20)23-2)16-9-19(13)17-12/h3-7,9H,8H2,1-2H3. The van der Waals surface area contributed by atoms with Crippen LogP contribution >= 0.6 is 0 Å². The summed E-state index contributed by atoms with van der Waals surface area (Å²) in [7, 11) is 2.85. The average Bonchev–Trinajstić information content (AvgIpc) is 3.02. The molecule has 1 aromatic carbocycles. The number of rotatable bonds is 4. The Labute approximate surface area is 130 Å². The zero-order chi connectivity index (χ0) is 16.4. The molecule has 118 valence electrons. The normalized spacial score (nSPS) is 10.7. The number of carbonyl (C=O) groups is 1. The maximum Gasteiger partial charge on any atom is 0.327 e. The van der Waals surface area contributed by atoms with Crippen molar-refractivity contribution in [3.05, 3.63) is 47.0 Å². The number of nitrogens with zero attached hydrogens (tertiary/aromatic N) is 4. The summed E-state index contributed by atoms with van der Waals surface area (Å²) in [5.41, 5.74) is 1.38. The van der Waals surface area contributed by atoms with Crippen LogP contribution in [0.2, 0.25) is 0 Å². The lowest BCUT2D eigenvalue weighted by Crippen LogP contribution is -2.28. The Morgan fingerprint density at radius 3 is 2.61 bits per heavy atom. The third kappa shape index (κ3) is 2.78. The molecule has 8 heteroatoms. The van der Waals surface area contributed by atoms with E-state index in [0.29, 0.717) is 11.2 Å². The minimum absolute atomic E-state index is 0.241. The molecule has 0 unspecified atom stereocenters. The lowest BCUT2D eigenvalue weighted by Gasteiger charge is -2.02. The fourth-order valence-electron chi connectivity index (χ4n) is 2.14. The largest absolute Gasteiger partial charge is 0.497 e. The topological polar surface area (TPSA) is 87.7 Å². The van der Waals surface area contributed by atoms with Gasteiger partial charge in [0.05, 0.1) is 19.9 Å². The molecule has 0 atom stereocenters. The summed E-state index contributed by atoms with van der Waals surface area (Å²) in [5.74, 6) is 0.193. The van der Waals surface area contributed by atoms with E-state index < -0.39 is 11.5 Å². The van der Waals surface area contributed by atoms with Crippen LogP contribution in [0.3, 0.4) is 0 Å². The fourth-order valence-corrected chi connectivity index (χ4v) is 2.14. The quantitative estimate of drug-likeness (QED) is 0.660. The zero-order valence-electron chi connectivity index (χ0n) is 12.6. The third-order valence-corrected chi connectivity index (χ3v) is 3.38. The van der Waals surface area contributed by atoms with Gasteiger partial charge in [-0.1, -0.05) is 0 Å². The van der Waals surface area contributed by atoms with Crippen LogP contribution in [0.1, 0.15) is 0 Å². The highest BCUT2D eigenvalue weighted by molar-refractivity contribution is 5.69. The number of hydrogen-bond acceptors (Lipinski definition) is 6. The highest BCUT2D eigenvalue weighted by Crippen LogP contribution is 2.21. The maximum absolute atomic E-state index is 12.3. The maximum atomic E-state index is 12.3. The summed E-state index contributed by atoms with van der Waals surface area (Å²) in [6.45, 7) is -0.241. The summed E-state index contributed by atoms with van der Waals surface area (Å²) in [6.07, 6.45) is 1.38. The van der Waals surface area contributed by atoms with Crippen molar-refractivity contribution >= 4 is 11.5 Å². The Hall–Kier alpha value is -3.16. The average molecular weight is 314 g/mol. The van der Waals surface area contributed by atoms with E-state index in [1.165, 1.54) is 18.0 Å². The van der Waals surface area contributed by atoms with Crippen LogP contribution in [0.15, 0.2) is 41.5 Å². The first-order valence-electron chi connectivity index (χ1n) is 6.79. The van der Waals surface area contributed by atoms with E-state index >= 15 is 0 Å². The van der Waals surface area contributed by atoms with Gasteiger partial charge in [0.1, 0.15) is 24.1 Å². The van der Waals surface area contributed by atoms with Crippen molar-refractivity contribution in [3.63, 3.8) is 0 Å². The third-order valence-electron chi connectivity index (χ3n) is 3.38. The minimum Gasteiger partial charge on any atom is -0.497 e. The molecule has 3 aromatic rings. The first-order chi connectivity index (χ1) is 11.1. The summed E-state index contributed by atoms with van der Waals surface area (Å²) < 4.78 is 12.1. The van der Waals surface area contributed by atoms with E-state index in [1.807, 2.05) is 24.3 Å². The van der Waals surface area contributed by atoms with Crippen LogP contribution in [0.5, 0.6) is 5.75 Å². The molecule has 0 saturated heterocycles. The number of benzene rings is 1. The molecule has 0 aliphatic carbocycles. The first kappa shape index (κ1) is 14.8. The lowest BCUT2D eigenvalue weighted by molar-refractivity contribution is -0.141. The Kier molecular flexibility index (Phi) is 3.80. The van der Waals surface area contributed by atoms with Gasteiger partial charge in [0.15, 0.2) is 0 Å². The molecule has 3 rings (SSSR count). The van der Waals surface area contributed by atoms with Gasteiger partial charge in [-0.2, -0.15) is 10.2 Å². The molecular weight excluding hydrogens is 300 g/mol. The number of aromatic nitrogens is 4. The Morgan fingerprint density at radius 2 is 1.96 bits per heavy atom. The predicted molar refractivity (Wildman–Crippen MR) is 81.3 cm³/mol. The molecule has 2 aromatic heterocycles. The molecule has 0 bridgehead atoms. The van der Waals surface area contributed by atoms with Gasteiger partial charge in [0, 0.05) is 5.56 Å². The Balaban J connectivity index is 2.02. The monoisotopic (exact) mass is 314 g/mol. The van der Waals surface area contributed by atoms with Crippen molar-refractivity contribution in [1.29, 1.82) is 0 Å². The van der Waals surface area contributed by atoms with Crippen molar-refractivity contribution in [2.75, 3.05) is 14.2 Å². The number of carbonyl (C=O) groups excluding carboxylic acids is 1. The van der Waals surface area contributed by atoms with Crippen molar-refractivity contribution < 1.29 is 14.3 Å². The van der Waals surface area contributed by atoms with E-state index in [0.717, 1.165) is 16.0 Å². The summed E-state index contributed by atoms with van der Waals surface area (Å²) in [6, 6.07) is 8.97. The number of ether oxygens (including phenoxy) is 2. The molecule has 0 radical (unpaired) electrons. The molecular formula is C15H14N4O4. The van der Waals surface area contributed by atoms with Gasteiger partial charge >= 0.3 is 5.97 Å². The van der Waals surface area contributed by atoms with E-state index in [1.54, 1.807) is 13.2 Å². The highest BCUT2D eigenvalue weighted by Gasteiger charge is 2.12. The van der Waals surface area contributed by atoms with Crippen molar-refractivity contribution in [2.24, 2.45) is 0 Å². The van der Waals surface area contributed by atoms with Gasteiger partial charge < -0.3 is 9.47 Å². The predicted octanol–water partition coefficient (Wildman–Crippen LogP) is 0.740. The summed E-state index contributed by atoms with van der Waals surface area (Å²) in [4.78, 5) is 23.6. The van der Waals surface area contributed by atoms with Crippen LogP contribution in [0, 0.1) is 0 Å². The SMILES string of the molecule is COC(=O)Cn1ncn2nc(-c3ccc(OC)cc3)cc2c1=O. The molecule has 2 heterocycles. The van der Waals surface area contributed by atoms with Crippen LogP contribution in [-0.2, 0) is 16.1 Å². The zero-order valence-corrected chi connectivity index (χ0v) is 12.6. The molecule has 0 aliphatic rings. The number of esters is 1. The van der Waals surface area contributed by atoms with Crippen molar-refractivity contribution in [1.82, 2.24) is 19.4 Å². The molecule has 0 N–H and O–H groups in total. The molecule has 0 amide bonds. The highest BCUT2D eigenvalue weighted by atomic mass is 16.5. The molecule has 0 spiro atoms. The van der Waals surface area contributed by atoms with Gasteiger partial charge in [-0.15, -0.1) is 0 Å². The Morgan fingerprint density at radius 1 is 1.22 bits per heavy atom. The second kappa shape index (κ2) is 5.91. The molecule has 8 nitrogen and oxygen atoms in total. The van der Waals surface area contributed by atoms with E-state index in [-0.39, 0.29) is 6.54 Å². The van der Waals surface area contributed by atoms with E-state index in [4.69, 9.17) is 4.74 Å². The van der Waals surface area contributed by atoms with Crippen LogP contribution in [-0.4, -0.2) is 39.6 Å². The molecule has 0 aliphatic heterocycles. The second-order valence-electron chi connectivity index (χ2n) is 4.76. The number of methoxy groups -OCH3 is 2. The van der Waals surface area contributed by atoms with E-state index in [2.05, 4.69) is 14.9 Å². The smallest absolute Gasteiger partial charge is 0.327 e. The van der Waals surface area contributed by atoms with Crippen LogP contribution in [0.4, 0.5) is 0 Å². The Bertz CT molecular complexity index is 911. The van der Waals surface area contributed by atoms with Crippen molar-refractivity contribution in [3.8, 4) is 17.0 Å². The second-order valence-corrected chi connectivity index (χ2v) is 4.76. The van der Waals surface area contributed by atoms with Crippen molar-refractivity contribution in [2.45, 2.75) is 6.54 Å². The first-order valence-corrected chi connectivity index (χ1v) is 6.79. The minimum atomic E-state index is -0.543. The van der Waals surface area contributed by atoms with E-state index in [9.17, 15) is 9.59 Å². The summed E-state index contributed by atoms with van der Waals surface area (Å²) in [5, 5.41) is 8.24. The molecule has 0 saturated carbocycles. The van der Waals surface area contributed by atoms with Crippen LogP contribution < -0.4 is 10.3 Å². The lowest BCUT2D eigenvalue weighted by atomic mass is 10.1. The molecule has 0 fully saturated rings. The van der Waals surface area contributed by atoms with Gasteiger partial charge in [-0.25, -0.2) is 9.20 Å². The van der Waals surface area contributed by atoms with Gasteiger partial charge in [0.25, 0.3) is 5.56 Å². The van der Waals surface area contributed by atoms with Gasteiger partial charge in [0.2, 0.25) is 0 Å². The van der Waals surface area contributed by atoms with Gasteiger partial charge in [-0.05, 0) is 30.3 Å². The fraction of sp³-hybridized carbons (Fsp3) is 0.200. The van der Waals surface area contributed by atoms with Crippen LogP contribution in [0.25, 0.3) is 16.8 Å².